The molecule has 0 radical (unpaired) electrons. The summed E-state index contributed by atoms with van der Waals surface area (Å²) in [6.45, 7) is 3.26. The monoisotopic (exact) mass is 391 g/mol. The van der Waals surface area contributed by atoms with Gasteiger partial charge in [0, 0.05) is 0 Å². The van der Waals surface area contributed by atoms with Gasteiger partial charge in [-0.2, -0.15) is 5.26 Å². The van der Waals surface area contributed by atoms with Crippen LogP contribution in [0.3, 0.4) is 0 Å². The molecule has 0 unspecified atom stereocenters. The van der Waals surface area contributed by atoms with Crippen LogP contribution in [0.15, 0.2) is 36.4 Å². The SMILES string of the molecule is Cc1cc(C)c(NC(=O)CN(c2cccc(C#N)c2)S(C)(=O)=O)c(Cl)c1. The van der Waals surface area contributed by atoms with E-state index in [0.717, 1.165) is 21.7 Å². The average Bonchev–Trinajstić information content (AvgIpc) is 2.55. The molecule has 1 N–H and O–H groups in total. The Balaban J connectivity index is 2.30. The molecule has 0 saturated heterocycles. The van der Waals surface area contributed by atoms with Gasteiger partial charge in [0.15, 0.2) is 0 Å². The third kappa shape index (κ3) is 4.75. The van der Waals surface area contributed by atoms with E-state index >= 15 is 0 Å². The van der Waals surface area contributed by atoms with Crippen LogP contribution in [0.2, 0.25) is 5.02 Å². The van der Waals surface area contributed by atoms with Crippen molar-refractivity contribution in [3.63, 3.8) is 0 Å². The summed E-state index contributed by atoms with van der Waals surface area (Å²) in [5, 5.41) is 12.0. The maximum atomic E-state index is 12.4. The predicted octanol–water partition coefficient (Wildman–Crippen LogP) is 3.23. The molecular formula is C18H18ClN3O3S. The molecule has 2 aromatic rings. The lowest BCUT2D eigenvalue weighted by atomic mass is 10.1. The summed E-state index contributed by atoms with van der Waals surface area (Å²) in [6.07, 6.45) is 1.00. The average molecular weight is 392 g/mol. The molecule has 136 valence electrons. The van der Waals surface area contributed by atoms with Crippen molar-refractivity contribution in [3.05, 3.63) is 58.1 Å². The van der Waals surface area contributed by atoms with Crippen molar-refractivity contribution in [3.8, 4) is 6.07 Å². The molecule has 2 aromatic carbocycles. The molecule has 0 saturated carbocycles. The lowest BCUT2D eigenvalue weighted by Gasteiger charge is -2.22. The highest BCUT2D eigenvalue weighted by molar-refractivity contribution is 7.92. The van der Waals surface area contributed by atoms with Gasteiger partial charge in [-0.15, -0.1) is 0 Å². The predicted molar refractivity (Wildman–Crippen MR) is 103 cm³/mol. The van der Waals surface area contributed by atoms with E-state index in [2.05, 4.69) is 5.32 Å². The number of benzene rings is 2. The van der Waals surface area contributed by atoms with Crippen molar-refractivity contribution in [2.75, 3.05) is 22.4 Å². The van der Waals surface area contributed by atoms with Gasteiger partial charge in [-0.3, -0.25) is 9.10 Å². The molecule has 26 heavy (non-hydrogen) atoms. The van der Waals surface area contributed by atoms with Crippen LogP contribution in [0.25, 0.3) is 0 Å². The Labute approximate surface area is 158 Å². The van der Waals surface area contributed by atoms with Crippen LogP contribution < -0.4 is 9.62 Å². The van der Waals surface area contributed by atoms with E-state index in [1.807, 2.05) is 19.1 Å². The first-order valence-electron chi connectivity index (χ1n) is 7.66. The molecule has 0 aliphatic carbocycles. The number of aryl methyl sites for hydroxylation is 2. The molecule has 0 aromatic heterocycles. The maximum Gasteiger partial charge on any atom is 0.245 e. The van der Waals surface area contributed by atoms with Gasteiger partial charge < -0.3 is 5.32 Å². The highest BCUT2D eigenvalue weighted by Crippen LogP contribution is 2.27. The zero-order valence-corrected chi connectivity index (χ0v) is 16.1. The maximum absolute atomic E-state index is 12.4. The van der Waals surface area contributed by atoms with Crippen molar-refractivity contribution in [2.45, 2.75) is 13.8 Å². The van der Waals surface area contributed by atoms with Crippen molar-refractivity contribution in [1.82, 2.24) is 0 Å². The van der Waals surface area contributed by atoms with Crippen LogP contribution in [0, 0.1) is 25.2 Å². The molecule has 0 heterocycles. The second kappa shape index (κ2) is 7.77. The number of nitrogens with zero attached hydrogens (tertiary/aromatic N) is 2. The molecule has 0 bridgehead atoms. The molecule has 0 fully saturated rings. The van der Waals surface area contributed by atoms with Crippen LogP contribution >= 0.6 is 11.6 Å². The van der Waals surface area contributed by atoms with Gasteiger partial charge in [-0.05, 0) is 49.2 Å². The van der Waals surface area contributed by atoms with E-state index in [1.54, 1.807) is 25.1 Å². The minimum atomic E-state index is -3.73. The number of amides is 1. The third-order valence-electron chi connectivity index (χ3n) is 3.65. The molecule has 0 atom stereocenters. The molecular weight excluding hydrogens is 374 g/mol. The zero-order chi connectivity index (χ0) is 19.5. The highest BCUT2D eigenvalue weighted by atomic mass is 35.5. The summed E-state index contributed by atoms with van der Waals surface area (Å²) >= 11 is 6.18. The number of halogens is 1. The fourth-order valence-electron chi connectivity index (χ4n) is 2.51. The highest BCUT2D eigenvalue weighted by Gasteiger charge is 2.22. The number of nitriles is 1. The number of anilines is 2. The van der Waals surface area contributed by atoms with E-state index in [-0.39, 0.29) is 5.69 Å². The Morgan fingerprint density at radius 1 is 1.27 bits per heavy atom. The Kier molecular flexibility index (Phi) is 5.90. The number of nitrogens with one attached hydrogen (secondary N) is 1. The van der Waals surface area contributed by atoms with Gasteiger partial charge in [-0.1, -0.05) is 23.7 Å². The lowest BCUT2D eigenvalue weighted by molar-refractivity contribution is -0.114. The summed E-state index contributed by atoms with van der Waals surface area (Å²) in [4.78, 5) is 12.4. The number of hydrogen-bond donors (Lipinski definition) is 1. The number of sulfonamides is 1. The first-order valence-corrected chi connectivity index (χ1v) is 9.89. The van der Waals surface area contributed by atoms with Gasteiger partial charge in [0.2, 0.25) is 15.9 Å². The summed E-state index contributed by atoms with van der Waals surface area (Å²) < 4.78 is 25.2. The van der Waals surface area contributed by atoms with E-state index < -0.39 is 22.5 Å². The van der Waals surface area contributed by atoms with Crippen molar-refractivity contribution in [2.24, 2.45) is 0 Å². The Morgan fingerprint density at radius 2 is 1.96 bits per heavy atom. The van der Waals surface area contributed by atoms with Crippen LogP contribution in [-0.4, -0.2) is 27.1 Å². The minimum Gasteiger partial charge on any atom is -0.323 e. The number of carbonyl (C=O) groups excluding carboxylic acids is 1. The zero-order valence-electron chi connectivity index (χ0n) is 14.6. The van der Waals surface area contributed by atoms with Gasteiger partial charge >= 0.3 is 0 Å². The standard InChI is InChI=1S/C18H18ClN3O3S/c1-12-7-13(2)18(16(19)8-12)21-17(23)11-22(26(3,24)25)15-6-4-5-14(9-15)10-20/h4-9H,11H2,1-3H3,(H,21,23). The smallest absolute Gasteiger partial charge is 0.245 e. The number of rotatable bonds is 5. The van der Waals surface area contributed by atoms with E-state index in [9.17, 15) is 13.2 Å². The van der Waals surface area contributed by atoms with E-state index in [1.165, 1.54) is 12.1 Å². The minimum absolute atomic E-state index is 0.244. The van der Waals surface area contributed by atoms with E-state index in [0.29, 0.717) is 16.3 Å². The quantitative estimate of drug-likeness (QED) is 0.847. The summed E-state index contributed by atoms with van der Waals surface area (Å²) in [6, 6.07) is 11.6. The normalized spacial score (nSPS) is 10.9. The fourth-order valence-corrected chi connectivity index (χ4v) is 3.73. The van der Waals surface area contributed by atoms with E-state index in [4.69, 9.17) is 16.9 Å². The van der Waals surface area contributed by atoms with Crippen LogP contribution in [-0.2, 0) is 14.8 Å². The summed E-state index contributed by atoms with van der Waals surface area (Å²) in [5.41, 5.74) is 2.72. The molecule has 1 amide bonds. The largest absolute Gasteiger partial charge is 0.323 e. The summed E-state index contributed by atoms with van der Waals surface area (Å²) in [5.74, 6) is -0.536. The summed E-state index contributed by atoms with van der Waals surface area (Å²) in [7, 11) is -3.73. The molecule has 6 nitrogen and oxygen atoms in total. The molecule has 0 spiro atoms. The van der Waals surface area contributed by atoms with Gasteiger partial charge in [0.1, 0.15) is 6.54 Å². The Bertz CT molecular complexity index is 974. The molecule has 2 rings (SSSR count). The van der Waals surface area contributed by atoms with Crippen LogP contribution in [0.4, 0.5) is 11.4 Å². The number of carbonyl (C=O) groups is 1. The topological polar surface area (TPSA) is 90.3 Å². The Hall–Kier alpha value is -2.56. The third-order valence-corrected chi connectivity index (χ3v) is 5.09. The van der Waals surface area contributed by atoms with Crippen molar-refractivity contribution >= 4 is 38.9 Å². The number of hydrogen-bond acceptors (Lipinski definition) is 4. The van der Waals surface area contributed by atoms with Gasteiger partial charge in [0.05, 0.1) is 34.3 Å². The lowest BCUT2D eigenvalue weighted by Crippen LogP contribution is -2.37. The second-order valence-corrected chi connectivity index (χ2v) is 8.23. The molecule has 0 aliphatic heterocycles. The van der Waals surface area contributed by atoms with Crippen LogP contribution in [0.1, 0.15) is 16.7 Å². The fraction of sp³-hybridized carbons (Fsp3) is 0.222. The van der Waals surface area contributed by atoms with Crippen LogP contribution in [0.5, 0.6) is 0 Å². The van der Waals surface area contributed by atoms with Crippen molar-refractivity contribution in [1.29, 1.82) is 5.26 Å². The molecule has 0 aliphatic rings. The first kappa shape index (κ1) is 19.8. The first-order chi connectivity index (χ1) is 12.1. The van der Waals surface area contributed by atoms with Crippen molar-refractivity contribution < 1.29 is 13.2 Å². The molecule has 8 heteroatoms. The van der Waals surface area contributed by atoms with Gasteiger partial charge in [0.25, 0.3) is 0 Å². The van der Waals surface area contributed by atoms with Gasteiger partial charge in [-0.25, -0.2) is 8.42 Å². The Morgan fingerprint density at radius 3 is 2.54 bits per heavy atom. The second-order valence-electron chi connectivity index (χ2n) is 5.92.